The van der Waals surface area contributed by atoms with Crippen molar-refractivity contribution >= 4 is 33.9 Å². The molecule has 0 radical (unpaired) electrons. The van der Waals surface area contributed by atoms with E-state index in [2.05, 4.69) is 19.8 Å². The summed E-state index contributed by atoms with van der Waals surface area (Å²) >= 11 is 7.67. The van der Waals surface area contributed by atoms with Gasteiger partial charge < -0.3 is 9.80 Å². The van der Waals surface area contributed by atoms with Gasteiger partial charge in [-0.05, 0) is 6.07 Å². The molecule has 0 atom stereocenters. The highest BCUT2D eigenvalue weighted by Crippen LogP contribution is 2.23. The average molecular weight is 295 g/mol. The van der Waals surface area contributed by atoms with Crippen LogP contribution in [0.1, 0.15) is 5.56 Å². The Morgan fingerprint density at radius 2 is 1.89 bits per heavy atom. The number of hydrogen-bond acceptors (Lipinski definition) is 5. The van der Waals surface area contributed by atoms with Crippen LogP contribution in [0.25, 0.3) is 0 Å². The van der Waals surface area contributed by atoms with Gasteiger partial charge in [0.05, 0.1) is 5.88 Å². The van der Waals surface area contributed by atoms with Gasteiger partial charge in [-0.2, -0.15) is 0 Å². The number of rotatable bonds is 3. The van der Waals surface area contributed by atoms with Gasteiger partial charge in [0.1, 0.15) is 5.82 Å². The minimum Gasteiger partial charge on any atom is -0.353 e. The Morgan fingerprint density at radius 1 is 1.11 bits per heavy atom. The Labute approximate surface area is 121 Å². The van der Waals surface area contributed by atoms with Crippen LogP contribution < -0.4 is 9.80 Å². The number of nitrogens with zero attached hydrogens (tertiary/aromatic N) is 4. The van der Waals surface area contributed by atoms with E-state index in [-0.39, 0.29) is 0 Å². The van der Waals surface area contributed by atoms with Gasteiger partial charge in [-0.3, -0.25) is 0 Å². The van der Waals surface area contributed by atoms with Crippen molar-refractivity contribution in [2.24, 2.45) is 0 Å². The summed E-state index contributed by atoms with van der Waals surface area (Å²) in [5.74, 6) is 1.53. The molecule has 4 nitrogen and oxygen atoms in total. The maximum atomic E-state index is 5.98. The first kappa shape index (κ1) is 12.7. The summed E-state index contributed by atoms with van der Waals surface area (Å²) in [7, 11) is 0. The average Bonchev–Trinajstić information content (AvgIpc) is 3.02. The number of anilines is 2. The topological polar surface area (TPSA) is 32.3 Å². The highest BCUT2D eigenvalue weighted by atomic mass is 35.5. The molecule has 0 N–H and O–H groups in total. The van der Waals surface area contributed by atoms with Crippen LogP contribution in [0, 0.1) is 0 Å². The fraction of sp³-hybridized carbons (Fsp3) is 0.385. The molecular formula is C13H15ClN4S. The summed E-state index contributed by atoms with van der Waals surface area (Å²) < 4.78 is 0. The third-order valence-electron chi connectivity index (χ3n) is 3.28. The van der Waals surface area contributed by atoms with E-state index in [1.165, 1.54) is 0 Å². The van der Waals surface area contributed by atoms with E-state index >= 15 is 0 Å². The van der Waals surface area contributed by atoms with Gasteiger partial charge in [-0.1, -0.05) is 6.07 Å². The van der Waals surface area contributed by atoms with E-state index < -0.39 is 0 Å². The van der Waals surface area contributed by atoms with Crippen LogP contribution in [0.15, 0.2) is 29.9 Å². The first-order valence-corrected chi connectivity index (χ1v) is 7.69. The van der Waals surface area contributed by atoms with E-state index in [1.54, 1.807) is 11.3 Å². The molecule has 0 spiro atoms. The van der Waals surface area contributed by atoms with E-state index in [0.717, 1.165) is 42.7 Å². The van der Waals surface area contributed by atoms with Gasteiger partial charge >= 0.3 is 0 Å². The molecule has 100 valence electrons. The second-order valence-corrected chi connectivity index (χ2v) is 5.55. The van der Waals surface area contributed by atoms with Crippen LogP contribution in [-0.2, 0) is 5.88 Å². The lowest BCUT2D eigenvalue weighted by molar-refractivity contribution is 0.644. The molecule has 6 heteroatoms. The Balaban J connectivity index is 1.70. The van der Waals surface area contributed by atoms with E-state index in [4.69, 9.17) is 11.6 Å². The van der Waals surface area contributed by atoms with Crippen molar-refractivity contribution in [3.63, 3.8) is 0 Å². The molecule has 0 amide bonds. The quantitative estimate of drug-likeness (QED) is 0.815. The Morgan fingerprint density at radius 3 is 2.58 bits per heavy atom. The van der Waals surface area contributed by atoms with Gasteiger partial charge in [0.2, 0.25) is 0 Å². The number of alkyl halides is 1. The van der Waals surface area contributed by atoms with Gasteiger partial charge in [-0.25, -0.2) is 9.97 Å². The Hall–Kier alpha value is -1.33. The van der Waals surface area contributed by atoms with Crippen molar-refractivity contribution in [2.75, 3.05) is 36.0 Å². The lowest BCUT2D eigenvalue weighted by Crippen LogP contribution is -2.47. The Bertz CT molecular complexity index is 523. The molecule has 1 aliphatic heterocycles. The van der Waals surface area contributed by atoms with Crippen molar-refractivity contribution in [2.45, 2.75) is 5.88 Å². The summed E-state index contributed by atoms with van der Waals surface area (Å²) in [5.41, 5.74) is 1.10. The van der Waals surface area contributed by atoms with Crippen molar-refractivity contribution in [1.82, 2.24) is 9.97 Å². The van der Waals surface area contributed by atoms with E-state index in [0.29, 0.717) is 5.88 Å². The molecule has 0 unspecified atom stereocenters. The molecule has 2 aromatic rings. The number of thiazole rings is 1. The Kier molecular flexibility index (Phi) is 3.84. The van der Waals surface area contributed by atoms with Gasteiger partial charge in [0.25, 0.3) is 0 Å². The molecule has 3 heterocycles. The summed E-state index contributed by atoms with van der Waals surface area (Å²) in [6.07, 6.45) is 3.69. The second kappa shape index (κ2) is 5.75. The standard InChI is InChI=1S/C13H15ClN4S/c14-10-11-2-1-3-15-12(11)17-5-7-18(8-6-17)13-16-4-9-19-13/h1-4,9H,5-8,10H2. The molecule has 19 heavy (non-hydrogen) atoms. The molecule has 2 aromatic heterocycles. The third-order valence-corrected chi connectivity index (χ3v) is 4.40. The van der Waals surface area contributed by atoms with Crippen molar-refractivity contribution in [1.29, 1.82) is 0 Å². The zero-order valence-corrected chi connectivity index (χ0v) is 12.1. The molecule has 1 saturated heterocycles. The maximum Gasteiger partial charge on any atom is 0.185 e. The monoisotopic (exact) mass is 294 g/mol. The number of pyridine rings is 1. The molecule has 1 aliphatic rings. The lowest BCUT2D eigenvalue weighted by atomic mass is 10.2. The van der Waals surface area contributed by atoms with Crippen LogP contribution >= 0.6 is 22.9 Å². The first-order valence-electron chi connectivity index (χ1n) is 6.28. The molecule has 1 fully saturated rings. The van der Waals surface area contributed by atoms with Crippen LogP contribution in [0.3, 0.4) is 0 Å². The highest BCUT2D eigenvalue weighted by molar-refractivity contribution is 7.13. The molecule has 0 bridgehead atoms. The summed E-state index contributed by atoms with van der Waals surface area (Å²) in [6, 6.07) is 3.98. The third kappa shape index (κ3) is 2.67. The fourth-order valence-electron chi connectivity index (χ4n) is 2.30. The first-order chi connectivity index (χ1) is 9.38. The van der Waals surface area contributed by atoms with E-state index in [9.17, 15) is 0 Å². The number of halogens is 1. The van der Waals surface area contributed by atoms with Crippen LogP contribution in [0.4, 0.5) is 10.9 Å². The lowest BCUT2D eigenvalue weighted by Gasteiger charge is -2.35. The zero-order chi connectivity index (χ0) is 13.1. The minimum atomic E-state index is 0.510. The highest BCUT2D eigenvalue weighted by Gasteiger charge is 2.20. The fourth-order valence-corrected chi connectivity index (χ4v) is 3.21. The van der Waals surface area contributed by atoms with E-state index in [1.807, 2.05) is 29.9 Å². The summed E-state index contributed by atoms with van der Waals surface area (Å²) in [5, 5.41) is 3.13. The number of piperazine rings is 1. The molecule has 0 aromatic carbocycles. The predicted molar refractivity (Wildman–Crippen MR) is 80.3 cm³/mol. The van der Waals surface area contributed by atoms with Crippen LogP contribution in [0.5, 0.6) is 0 Å². The summed E-state index contributed by atoms with van der Waals surface area (Å²) in [4.78, 5) is 13.5. The van der Waals surface area contributed by atoms with Crippen molar-refractivity contribution < 1.29 is 0 Å². The molecule has 0 aliphatic carbocycles. The zero-order valence-electron chi connectivity index (χ0n) is 10.5. The summed E-state index contributed by atoms with van der Waals surface area (Å²) in [6.45, 7) is 3.87. The SMILES string of the molecule is ClCc1cccnc1N1CCN(c2nccs2)CC1. The largest absolute Gasteiger partial charge is 0.353 e. The smallest absolute Gasteiger partial charge is 0.185 e. The second-order valence-electron chi connectivity index (χ2n) is 4.41. The number of aromatic nitrogens is 2. The van der Waals surface area contributed by atoms with Crippen LogP contribution in [-0.4, -0.2) is 36.1 Å². The van der Waals surface area contributed by atoms with Gasteiger partial charge in [0, 0.05) is 49.5 Å². The van der Waals surface area contributed by atoms with Crippen molar-refractivity contribution in [3.8, 4) is 0 Å². The van der Waals surface area contributed by atoms with Gasteiger partial charge in [0.15, 0.2) is 5.13 Å². The van der Waals surface area contributed by atoms with Crippen LogP contribution in [0.2, 0.25) is 0 Å². The maximum absolute atomic E-state index is 5.98. The number of hydrogen-bond donors (Lipinski definition) is 0. The molecule has 3 rings (SSSR count). The van der Waals surface area contributed by atoms with Crippen molar-refractivity contribution in [3.05, 3.63) is 35.5 Å². The predicted octanol–water partition coefficient (Wildman–Crippen LogP) is 2.60. The minimum absolute atomic E-state index is 0.510. The van der Waals surface area contributed by atoms with Gasteiger partial charge in [-0.15, -0.1) is 22.9 Å². The molecular weight excluding hydrogens is 280 g/mol. The molecule has 0 saturated carbocycles. The normalized spacial score (nSPS) is 15.8.